The van der Waals surface area contributed by atoms with Crippen LogP contribution in [0, 0.1) is 5.92 Å². The zero-order chi connectivity index (χ0) is 26.6. The monoisotopic (exact) mass is 508 g/mol. The molecule has 3 rings (SSSR count). The van der Waals surface area contributed by atoms with Gasteiger partial charge in [-0.1, -0.05) is 74.5 Å². The van der Waals surface area contributed by atoms with Crippen molar-refractivity contribution < 1.29 is 24.0 Å². The third-order valence-electron chi connectivity index (χ3n) is 6.80. The lowest BCUT2D eigenvalue weighted by Crippen LogP contribution is -2.51. The van der Waals surface area contributed by atoms with Gasteiger partial charge in [0.15, 0.2) is 0 Å². The minimum absolute atomic E-state index is 0.00363. The lowest BCUT2D eigenvalue weighted by atomic mass is 9.99. The van der Waals surface area contributed by atoms with E-state index in [9.17, 15) is 14.4 Å². The van der Waals surface area contributed by atoms with Gasteiger partial charge in [-0.15, -0.1) is 0 Å². The van der Waals surface area contributed by atoms with Gasteiger partial charge in [0, 0.05) is 6.42 Å². The number of ether oxygens (including phenoxy) is 1. The van der Waals surface area contributed by atoms with Crippen molar-refractivity contribution in [1.82, 2.24) is 9.96 Å². The van der Waals surface area contributed by atoms with Gasteiger partial charge in [-0.25, -0.2) is 5.06 Å². The molecule has 0 bridgehead atoms. The molecule has 0 aromatic heterocycles. The fraction of sp³-hybridized carbons (Fsp3) is 0.500. The quantitative estimate of drug-likeness (QED) is 0.139. The lowest BCUT2D eigenvalue weighted by Gasteiger charge is -2.40. The highest BCUT2D eigenvalue weighted by Gasteiger charge is 2.35. The van der Waals surface area contributed by atoms with Crippen molar-refractivity contribution in [1.29, 1.82) is 0 Å². The molecule has 1 aliphatic carbocycles. The molecule has 0 saturated heterocycles. The Kier molecular flexibility index (Phi) is 11.1. The van der Waals surface area contributed by atoms with Crippen LogP contribution in [0.4, 0.5) is 0 Å². The topological polar surface area (TPSA) is 76.2 Å². The highest BCUT2D eigenvalue weighted by molar-refractivity contribution is 5.79. The van der Waals surface area contributed by atoms with Gasteiger partial charge in [0.1, 0.15) is 18.9 Å². The molecule has 37 heavy (non-hydrogen) atoms. The molecule has 2 aromatic rings. The van der Waals surface area contributed by atoms with Crippen LogP contribution in [0.15, 0.2) is 60.7 Å². The average Bonchev–Trinajstić information content (AvgIpc) is 3.41. The van der Waals surface area contributed by atoms with Crippen LogP contribution in [0.5, 0.6) is 0 Å². The SMILES string of the molecule is CC(C)CCC(=O)N(C(CC(=O)OC1CCCC1)c1ccccc1)[C@H](C)N(C=O)OCc1ccccc1. The second-order valence-corrected chi connectivity index (χ2v) is 10.1. The summed E-state index contributed by atoms with van der Waals surface area (Å²) >= 11 is 0. The third kappa shape index (κ3) is 8.71. The maximum atomic E-state index is 13.7. The molecular formula is C30H40N2O5. The van der Waals surface area contributed by atoms with E-state index < -0.39 is 12.2 Å². The molecule has 0 radical (unpaired) electrons. The van der Waals surface area contributed by atoms with Crippen molar-refractivity contribution in [2.45, 2.75) is 90.6 Å². The van der Waals surface area contributed by atoms with E-state index in [0.717, 1.165) is 36.8 Å². The van der Waals surface area contributed by atoms with Gasteiger partial charge < -0.3 is 9.64 Å². The molecule has 0 N–H and O–H groups in total. The smallest absolute Gasteiger partial charge is 0.308 e. The lowest BCUT2D eigenvalue weighted by molar-refractivity contribution is -0.215. The Balaban J connectivity index is 1.88. The van der Waals surface area contributed by atoms with Crippen LogP contribution in [0.25, 0.3) is 0 Å². The van der Waals surface area contributed by atoms with Gasteiger partial charge in [-0.2, -0.15) is 0 Å². The van der Waals surface area contributed by atoms with E-state index in [1.165, 1.54) is 5.06 Å². The van der Waals surface area contributed by atoms with E-state index in [1.54, 1.807) is 11.8 Å². The fourth-order valence-corrected chi connectivity index (χ4v) is 4.71. The first-order chi connectivity index (χ1) is 17.9. The number of hydrogen-bond donors (Lipinski definition) is 0. The molecule has 7 nitrogen and oxygen atoms in total. The molecule has 1 saturated carbocycles. The van der Waals surface area contributed by atoms with E-state index in [0.29, 0.717) is 25.2 Å². The minimum atomic E-state index is -0.745. The second-order valence-electron chi connectivity index (χ2n) is 10.1. The van der Waals surface area contributed by atoms with E-state index >= 15 is 0 Å². The average molecular weight is 509 g/mol. The number of esters is 1. The Morgan fingerprint density at radius 3 is 2.19 bits per heavy atom. The number of hydrogen-bond acceptors (Lipinski definition) is 5. The first-order valence-electron chi connectivity index (χ1n) is 13.3. The molecule has 1 aliphatic rings. The molecule has 7 heteroatoms. The van der Waals surface area contributed by atoms with Crippen LogP contribution >= 0.6 is 0 Å². The summed E-state index contributed by atoms with van der Waals surface area (Å²) in [5.74, 6) is -0.142. The van der Waals surface area contributed by atoms with Crippen LogP contribution in [0.2, 0.25) is 0 Å². The number of hydroxylamine groups is 2. The summed E-state index contributed by atoms with van der Waals surface area (Å²) in [7, 11) is 0. The summed E-state index contributed by atoms with van der Waals surface area (Å²) in [6, 6.07) is 18.4. The zero-order valence-electron chi connectivity index (χ0n) is 22.3. The second kappa shape index (κ2) is 14.5. The standard InChI is InChI=1S/C30H40N2O5/c1-23(2)18-19-29(34)32(24(3)31(22-33)36-21-25-12-6-4-7-13-25)28(26-14-8-5-9-15-26)20-30(35)37-27-16-10-11-17-27/h4-9,12-15,22-24,27-28H,10-11,16-21H2,1-3H3/t24-,28?/m1/s1. The zero-order valence-corrected chi connectivity index (χ0v) is 22.3. The van der Waals surface area contributed by atoms with Crippen LogP contribution in [-0.4, -0.2) is 40.5 Å². The predicted octanol–water partition coefficient (Wildman–Crippen LogP) is 5.80. The summed E-state index contributed by atoms with van der Waals surface area (Å²) < 4.78 is 5.77. The number of benzene rings is 2. The summed E-state index contributed by atoms with van der Waals surface area (Å²) in [5, 5.41) is 1.17. The minimum Gasteiger partial charge on any atom is -0.462 e. The van der Waals surface area contributed by atoms with Crippen molar-refractivity contribution in [3.8, 4) is 0 Å². The Hall–Kier alpha value is -3.19. The van der Waals surface area contributed by atoms with E-state index in [2.05, 4.69) is 13.8 Å². The maximum absolute atomic E-state index is 13.7. The van der Waals surface area contributed by atoms with Gasteiger partial charge in [0.25, 0.3) is 0 Å². The summed E-state index contributed by atoms with van der Waals surface area (Å²) in [6.07, 6.45) is 4.66. The van der Waals surface area contributed by atoms with E-state index in [4.69, 9.17) is 9.57 Å². The van der Waals surface area contributed by atoms with Crippen molar-refractivity contribution >= 4 is 18.3 Å². The third-order valence-corrected chi connectivity index (χ3v) is 6.80. The molecule has 2 aromatic carbocycles. The Morgan fingerprint density at radius 2 is 1.59 bits per heavy atom. The maximum Gasteiger partial charge on any atom is 0.308 e. The van der Waals surface area contributed by atoms with E-state index in [-0.39, 0.29) is 31.0 Å². The summed E-state index contributed by atoms with van der Waals surface area (Å²) in [4.78, 5) is 46.4. The van der Waals surface area contributed by atoms with E-state index in [1.807, 2.05) is 60.7 Å². The number of nitrogens with zero attached hydrogens (tertiary/aromatic N) is 2. The van der Waals surface area contributed by atoms with Crippen LogP contribution in [0.3, 0.4) is 0 Å². The highest BCUT2D eigenvalue weighted by atomic mass is 16.7. The highest BCUT2D eigenvalue weighted by Crippen LogP contribution is 2.31. The number of carbonyl (C=O) groups excluding carboxylic acids is 3. The van der Waals surface area contributed by atoms with Crippen LogP contribution in [0.1, 0.15) is 82.9 Å². The Labute approximate surface area is 220 Å². The number of rotatable bonds is 14. The van der Waals surface area contributed by atoms with Gasteiger partial charge in [-0.05, 0) is 56.1 Å². The molecule has 200 valence electrons. The van der Waals surface area contributed by atoms with Crippen molar-refractivity contribution in [2.24, 2.45) is 5.92 Å². The predicted molar refractivity (Wildman–Crippen MR) is 142 cm³/mol. The molecule has 0 heterocycles. The summed E-state index contributed by atoms with van der Waals surface area (Å²) in [6.45, 7) is 6.06. The molecule has 0 aliphatic heterocycles. The van der Waals surface area contributed by atoms with Crippen molar-refractivity contribution in [3.63, 3.8) is 0 Å². The first kappa shape index (κ1) is 28.4. The Morgan fingerprint density at radius 1 is 0.973 bits per heavy atom. The number of amides is 2. The van der Waals surface area contributed by atoms with Crippen LogP contribution < -0.4 is 0 Å². The molecule has 1 unspecified atom stereocenters. The Bertz CT molecular complexity index is 976. The van der Waals surface area contributed by atoms with Crippen LogP contribution in [-0.2, 0) is 30.6 Å². The molecule has 1 fully saturated rings. The molecular weight excluding hydrogens is 468 g/mol. The van der Waals surface area contributed by atoms with Gasteiger partial charge >= 0.3 is 5.97 Å². The summed E-state index contributed by atoms with van der Waals surface area (Å²) in [5.41, 5.74) is 1.71. The largest absolute Gasteiger partial charge is 0.462 e. The molecule has 2 amide bonds. The van der Waals surface area contributed by atoms with Crippen molar-refractivity contribution in [3.05, 3.63) is 71.8 Å². The normalized spacial score (nSPS) is 15.2. The fourth-order valence-electron chi connectivity index (χ4n) is 4.71. The van der Waals surface area contributed by atoms with Gasteiger partial charge in [0.2, 0.25) is 12.3 Å². The molecule has 2 atom stereocenters. The first-order valence-corrected chi connectivity index (χ1v) is 13.3. The van der Waals surface area contributed by atoms with Gasteiger partial charge in [-0.3, -0.25) is 19.2 Å². The van der Waals surface area contributed by atoms with Crippen molar-refractivity contribution in [2.75, 3.05) is 0 Å². The number of carbonyl (C=O) groups is 3. The van der Waals surface area contributed by atoms with Gasteiger partial charge in [0.05, 0.1) is 12.5 Å². The molecule has 0 spiro atoms.